The van der Waals surface area contributed by atoms with Crippen molar-refractivity contribution >= 4 is 0 Å². The molecule has 0 amide bonds. The molecule has 5 aromatic carbocycles. The Balaban J connectivity index is 0.000000120. The van der Waals surface area contributed by atoms with Crippen LogP contribution in [-0.2, 0) is 62.3 Å². The Hall–Kier alpha value is -12.4. The molecule has 20 rings (SSSR count). The highest BCUT2D eigenvalue weighted by atomic mass is 15.0. The van der Waals surface area contributed by atoms with Crippen LogP contribution in [-0.4, -0.2) is 24.9 Å². The van der Waals surface area contributed by atoms with E-state index in [1.165, 1.54) is 156 Å². The molecule has 0 aliphatic heterocycles. The van der Waals surface area contributed by atoms with Crippen molar-refractivity contribution in [3.63, 3.8) is 0 Å². The first kappa shape index (κ1) is 72.4. The molecule has 0 unspecified atom stereocenters. The van der Waals surface area contributed by atoms with Crippen molar-refractivity contribution in [2.24, 2.45) is 35.2 Å². The van der Waals surface area contributed by atoms with Crippen molar-refractivity contribution in [1.82, 2.24) is 24.9 Å². The fraction of sp³-hybridized carbons (Fsp3) is 0.286. The fourth-order valence-electron chi connectivity index (χ4n) is 20.5. The van der Waals surface area contributed by atoms with Gasteiger partial charge in [0.25, 0.3) is 0 Å². The van der Waals surface area contributed by atoms with Crippen LogP contribution in [0.4, 0.5) is 0 Å². The largest absolute Gasteiger partial charge is 0.260 e. The van der Waals surface area contributed by atoms with Crippen molar-refractivity contribution in [2.45, 2.75) is 179 Å². The van der Waals surface area contributed by atoms with Gasteiger partial charge in [-0.1, -0.05) is 160 Å². The van der Waals surface area contributed by atoms with Crippen LogP contribution < -0.4 is 22.8 Å². The topological polar surface area (TPSA) is 83.8 Å². The molecule has 10 nitrogen and oxygen atoms in total. The fourth-order valence-corrected chi connectivity index (χ4v) is 20.5. The lowest BCUT2D eigenvalue weighted by molar-refractivity contribution is -0.666. The molecule has 0 N–H and O–H groups in total. The van der Waals surface area contributed by atoms with E-state index in [0.29, 0.717) is 16.8 Å². The Morgan fingerprint density at radius 3 is 0.902 bits per heavy atom. The second kappa shape index (κ2) is 30.9. The van der Waals surface area contributed by atoms with Gasteiger partial charge in [-0.05, 0) is 219 Å². The highest BCUT2D eigenvalue weighted by Gasteiger charge is 2.47. The van der Waals surface area contributed by atoms with Gasteiger partial charge in [-0.3, -0.25) is 24.9 Å². The summed E-state index contributed by atoms with van der Waals surface area (Å²) in [6.07, 6.45) is 17.2. The molecule has 0 radical (unpaired) electrons. The Labute approximate surface area is 737 Å². The third kappa shape index (κ3) is 13.6. The van der Waals surface area contributed by atoms with E-state index >= 15 is 0 Å². The Kier molecular flexibility index (Phi) is 18.4. The minimum atomic E-state index is -2.16. The number of aryl methyl sites for hydroxylation is 16. The van der Waals surface area contributed by atoms with E-state index in [4.69, 9.17) is 27.3 Å². The van der Waals surface area contributed by atoms with Crippen molar-refractivity contribution < 1.29 is 35.2 Å². The second-order valence-electron chi connectivity index (χ2n) is 37.0. The standard InChI is InChI=1S/2C23H25N2.3C22H23N2/c2*1-14-9-10-17-18-8-7-11-24-22(18)23(4,5)21(17)20(14)19-12-15(2)16(3)13-25(19)6;1-14-11-12-16-17-9-7-13-23-21(17)22(3,4)20(16)19(14)18-10-6-8-15(2)24(18)5;1-14-8-11-18(24(5)13-14)19-15(2)9-10-16-17-7-6-12-23-21(17)22(3,4)20(16)19;1-14-10-12-24(5)18(13-14)19-15(2)8-9-16-17-7-6-11-23-21(17)22(3,4)20(16)19/h2*7-13H,1-6H3;3*6-13H,1-5H3/q5*+1/i3D3;;2D3;1D3;. The van der Waals surface area contributed by atoms with Crippen molar-refractivity contribution in [2.75, 3.05) is 0 Å². The monoisotopic (exact) mass is 1610 g/mol. The second-order valence-corrected chi connectivity index (χ2v) is 37.0. The maximum Gasteiger partial charge on any atom is 0.213 e. The van der Waals surface area contributed by atoms with Crippen molar-refractivity contribution in [3.8, 4) is 112 Å². The lowest BCUT2D eigenvalue weighted by atomic mass is 9.80. The third-order valence-electron chi connectivity index (χ3n) is 26.8. The van der Waals surface area contributed by atoms with Crippen molar-refractivity contribution in [3.05, 3.63) is 355 Å². The number of hydrogen-bond donors (Lipinski definition) is 0. The number of pyridine rings is 10. The molecule has 0 spiro atoms. The van der Waals surface area contributed by atoms with Crippen LogP contribution in [0.3, 0.4) is 0 Å². The lowest BCUT2D eigenvalue weighted by Gasteiger charge is -2.23. The number of rotatable bonds is 5. The van der Waals surface area contributed by atoms with Gasteiger partial charge in [-0.2, -0.15) is 4.57 Å². The summed E-state index contributed by atoms with van der Waals surface area (Å²) in [5.74, 6) is 0. The predicted molar refractivity (Wildman–Crippen MR) is 499 cm³/mol. The first-order chi connectivity index (χ1) is 61.5. The molecule has 5 aliphatic rings. The highest BCUT2D eigenvalue weighted by Crippen LogP contribution is 2.57. The summed E-state index contributed by atoms with van der Waals surface area (Å²) in [6.45, 7) is 35.2. The Morgan fingerprint density at radius 1 is 0.246 bits per heavy atom. The van der Waals surface area contributed by atoms with Crippen LogP contribution in [0.5, 0.6) is 0 Å². The van der Waals surface area contributed by atoms with Crippen LogP contribution >= 0.6 is 0 Å². The van der Waals surface area contributed by atoms with E-state index in [-0.39, 0.29) is 27.1 Å². The van der Waals surface area contributed by atoms with E-state index in [1.807, 2.05) is 127 Å². The molecule has 15 aromatic rings. The van der Waals surface area contributed by atoms with Crippen molar-refractivity contribution in [1.29, 1.82) is 0 Å². The van der Waals surface area contributed by atoms with Gasteiger partial charge < -0.3 is 0 Å². The van der Waals surface area contributed by atoms with Gasteiger partial charge in [0.15, 0.2) is 30.5 Å². The SMILES string of the molecule is Cc1cc(-c2c(C)ccc3c2C(C)(C)c2ncccc2-3)[n+](C)cc1C.Cc1cc[n+](C)c(-c2c(C)ccc3c2C(C)(C)c2ncccc2-3)c1.[2H]C([2H])([2H])c1c[n+](C)c(-c2c(C)ccc3c2C(C)(C)c2ncccc2-3)cc1C.[2H]C([2H])([2H])c1ccc(-c2c(C)ccc3c2C(C)(C)c2ncccc2-3)[n+](C)c1.[2H]C([2H])([2H])c1cccc(-c2c(C)ccc3c2C(C)(C)c2ncccc2-3)[n+]1C. The predicted octanol–water partition coefficient (Wildman–Crippen LogP) is 23.1. The Bertz CT molecular complexity index is 7200. The zero-order valence-corrected chi connectivity index (χ0v) is 75.4. The number of hydrogen-bond acceptors (Lipinski definition) is 5. The molecule has 10 heteroatoms. The van der Waals surface area contributed by atoms with E-state index in [2.05, 4.69) is 279 Å². The maximum absolute atomic E-state index is 7.87. The van der Waals surface area contributed by atoms with E-state index in [1.54, 1.807) is 24.5 Å². The smallest absolute Gasteiger partial charge is 0.213 e. The molecule has 0 saturated carbocycles. The summed E-state index contributed by atoms with van der Waals surface area (Å²) >= 11 is 0. The van der Waals surface area contributed by atoms with Gasteiger partial charge in [-0.25, -0.2) is 18.3 Å². The van der Waals surface area contributed by atoms with Gasteiger partial charge in [0.05, 0.1) is 56.3 Å². The zero-order chi connectivity index (χ0) is 94.5. The molecule has 0 fully saturated rings. The molecule has 5 aliphatic carbocycles. The quantitative estimate of drug-likeness (QED) is 0.160. The van der Waals surface area contributed by atoms with Gasteiger partial charge in [0.1, 0.15) is 35.2 Å². The summed E-state index contributed by atoms with van der Waals surface area (Å²) in [5, 5.41) is 0. The highest BCUT2D eigenvalue weighted by molar-refractivity contribution is 5.92. The molecule has 10 heterocycles. The molecule has 122 heavy (non-hydrogen) atoms. The summed E-state index contributed by atoms with van der Waals surface area (Å²) in [6, 6.07) is 60.7. The molecule has 612 valence electrons. The van der Waals surface area contributed by atoms with Crippen LogP contribution in [0.25, 0.3) is 112 Å². The van der Waals surface area contributed by atoms with Gasteiger partial charge >= 0.3 is 0 Å². The van der Waals surface area contributed by atoms with Crippen LogP contribution in [0.2, 0.25) is 0 Å². The summed E-state index contributed by atoms with van der Waals surface area (Å²) in [7, 11) is 9.95. The minimum Gasteiger partial charge on any atom is -0.260 e. The molecule has 0 atom stereocenters. The van der Waals surface area contributed by atoms with Crippen LogP contribution in [0.15, 0.2) is 232 Å². The number of benzene rings is 5. The van der Waals surface area contributed by atoms with Crippen LogP contribution in [0.1, 0.15) is 205 Å². The zero-order valence-electron chi connectivity index (χ0n) is 84.4. The average Bonchev–Trinajstić information content (AvgIpc) is 1.58. The first-order valence-electron chi connectivity index (χ1n) is 47.0. The van der Waals surface area contributed by atoms with Gasteiger partial charge in [0, 0.05) is 164 Å². The first-order valence-corrected chi connectivity index (χ1v) is 42.5. The molecule has 0 saturated heterocycles. The summed E-state index contributed by atoms with van der Waals surface area (Å²) in [4.78, 5) is 23.5. The normalized spacial score (nSPS) is 15.8. The maximum atomic E-state index is 7.87. The van der Waals surface area contributed by atoms with E-state index in [9.17, 15) is 0 Å². The lowest BCUT2D eigenvalue weighted by Crippen LogP contribution is -2.35. The minimum absolute atomic E-state index is 0.0932. The summed E-state index contributed by atoms with van der Waals surface area (Å²) < 4.78 is 80.2. The third-order valence-corrected chi connectivity index (χ3v) is 26.8. The van der Waals surface area contributed by atoms with Gasteiger partial charge in [0.2, 0.25) is 28.5 Å². The van der Waals surface area contributed by atoms with E-state index < -0.39 is 20.6 Å². The Morgan fingerprint density at radius 2 is 0.566 bits per heavy atom. The number of aromatic nitrogens is 10. The number of fused-ring (bicyclic) bond motifs is 15. The van der Waals surface area contributed by atoms with E-state index in [0.717, 1.165) is 62.0 Å². The average molecular weight is 1610 g/mol. The number of nitrogens with zero attached hydrogens (tertiary/aromatic N) is 10. The van der Waals surface area contributed by atoms with Gasteiger partial charge in [-0.15, -0.1) is 0 Å². The molecule has 10 aromatic heterocycles. The summed E-state index contributed by atoms with van der Waals surface area (Å²) in [5.41, 5.74) is 47.2. The molecule has 0 bridgehead atoms. The molecular weight excluding hydrogens is 1490 g/mol. The molecular formula is C112H119N10+5. The van der Waals surface area contributed by atoms with Crippen LogP contribution in [0, 0.1) is 82.9 Å².